The molecule has 0 aliphatic heterocycles. The molecule has 1 rings (SSSR count). The van der Waals surface area contributed by atoms with Crippen molar-refractivity contribution in [1.82, 2.24) is 0 Å². The quantitative estimate of drug-likeness (QED) is 0.568. The number of hydrogen-bond donors (Lipinski definition) is 2. The number of benzene rings is 1. The average Bonchev–Trinajstić information content (AvgIpc) is 2.16. The molecule has 0 amide bonds. The summed E-state index contributed by atoms with van der Waals surface area (Å²) in [5.41, 5.74) is 6.18. The van der Waals surface area contributed by atoms with Gasteiger partial charge in [0.15, 0.2) is 0 Å². The smallest absolute Gasteiger partial charge is 0.147 e. The van der Waals surface area contributed by atoms with Gasteiger partial charge >= 0.3 is 0 Å². The molecule has 0 atom stereocenters. The lowest BCUT2D eigenvalue weighted by molar-refractivity contribution is 0.623. The molecule has 0 heterocycles. The summed E-state index contributed by atoms with van der Waals surface area (Å²) >= 11 is 0. The van der Waals surface area contributed by atoms with Gasteiger partial charge in [0.05, 0.1) is 5.69 Å². The van der Waals surface area contributed by atoms with Crippen LogP contribution in [0.2, 0.25) is 0 Å². The first-order valence-corrected chi connectivity index (χ1v) is 4.41. The summed E-state index contributed by atoms with van der Waals surface area (Å²) in [6, 6.07) is 4.56. The lowest BCUT2D eigenvalue weighted by atomic mass is 10.1. The zero-order chi connectivity index (χ0) is 10.7. The van der Waals surface area contributed by atoms with Crippen LogP contribution >= 0.6 is 0 Å². The molecule has 0 radical (unpaired) electrons. The molecule has 1 aromatic rings. The fraction of sp³-hybridized carbons (Fsp3) is 0.300. The van der Waals surface area contributed by atoms with E-state index in [1.165, 1.54) is 6.07 Å². The predicted octanol–water partition coefficient (Wildman–Crippen LogP) is 1.57. The molecule has 0 bridgehead atoms. The van der Waals surface area contributed by atoms with E-state index in [2.05, 4.69) is 0 Å². The molecule has 0 saturated heterocycles. The van der Waals surface area contributed by atoms with Crippen LogP contribution in [0.25, 0.3) is 0 Å². The Bertz CT molecular complexity index is 349. The van der Waals surface area contributed by atoms with Crippen LogP contribution in [0.15, 0.2) is 18.2 Å². The highest BCUT2D eigenvalue weighted by Crippen LogP contribution is 2.18. The molecule has 0 fully saturated rings. The summed E-state index contributed by atoms with van der Waals surface area (Å²) in [4.78, 5) is 1.79. The van der Waals surface area contributed by atoms with Gasteiger partial charge in [0.25, 0.3) is 0 Å². The average molecular weight is 195 g/mol. The third-order valence-electron chi connectivity index (χ3n) is 2.14. The van der Waals surface area contributed by atoms with Gasteiger partial charge in [0.2, 0.25) is 0 Å². The van der Waals surface area contributed by atoms with Crippen LogP contribution in [0.5, 0.6) is 0 Å². The van der Waals surface area contributed by atoms with Crippen LogP contribution in [0, 0.1) is 11.2 Å². The predicted molar refractivity (Wildman–Crippen MR) is 56.4 cm³/mol. The van der Waals surface area contributed by atoms with E-state index >= 15 is 0 Å². The Hall–Kier alpha value is -1.58. The van der Waals surface area contributed by atoms with Crippen molar-refractivity contribution in [2.24, 2.45) is 5.73 Å². The Kier molecular flexibility index (Phi) is 3.06. The largest absolute Gasteiger partial charge is 0.384 e. The molecule has 3 nitrogen and oxygen atoms in total. The lowest BCUT2D eigenvalue weighted by Gasteiger charge is -2.17. The van der Waals surface area contributed by atoms with Gasteiger partial charge < -0.3 is 10.6 Å². The number of nitrogens with zero attached hydrogens (tertiary/aromatic N) is 1. The molecular weight excluding hydrogens is 181 g/mol. The minimum Gasteiger partial charge on any atom is -0.384 e. The molecule has 0 aromatic heterocycles. The minimum atomic E-state index is -0.345. The highest BCUT2D eigenvalue weighted by atomic mass is 19.1. The Labute approximate surface area is 82.8 Å². The van der Waals surface area contributed by atoms with Gasteiger partial charge in [-0.05, 0) is 25.1 Å². The van der Waals surface area contributed by atoms with E-state index < -0.39 is 0 Å². The van der Waals surface area contributed by atoms with E-state index in [9.17, 15) is 4.39 Å². The Morgan fingerprint density at radius 1 is 1.57 bits per heavy atom. The lowest BCUT2D eigenvalue weighted by Crippen LogP contribution is -2.18. The third kappa shape index (κ3) is 2.02. The second kappa shape index (κ2) is 4.09. The normalized spacial score (nSPS) is 9.93. The monoisotopic (exact) mass is 195 g/mol. The number of hydrogen-bond acceptors (Lipinski definition) is 2. The van der Waals surface area contributed by atoms with E-state index in [0.29, 0.717) is 11.3 Å². The van der Waals surface area contributed by atoms with Crippen molar-refractivity contribution in [1.29, 1.82) is 5.41 Å². The van der Waals surface area contributed by atoms with E-state index in [-0.39, 0.29) is 11.7 Å². The fourth-order valence-corrected chi connectivity index (χ4v) is 1.15. The van der Waals surface area contributed by atoms with Gasteiger partial charge in [0, 0.05) is 19.2 Å². The number of anilines is 1. The first-order valence-electron chi connectivity index (χ1n) is 4.41. The van der Waals surface area contributed by atoms with Gasteiger partial charge in [-0.1, -0.05) is 0 Å². The van der Waals surface area contributed by atoms with Crippen molar-refractivity contribution < 1.29 is 4.39 Å². The van der Waals surface area contributed by atoms with Crippen molar-refractivity contribution in [3.8, 4) is 0 Å². The van der Waals surface area contributed by atoms with Crippen molar-refractivity contribution in [3.05, 3.63) is 29.6 Å². The molecule has 3 N–H and O–H groups in total. The van der Waals surface area contributed by atoms with E-state index in [0.717, 1.165) is 6.54 Å². The highest BCUT2D eigenvalue weighted by molar-refractivity contribution is 5.95. The first-order chi connectivity index (χ1) is 6.56. The molecular formula is C10H14FN3. The molecule has 0 aliphatic rings. The summed E-state index contributed by atoms with van der Waals surface area (Å²) in [6.07, 6.45) is 0. The zero-order valence-corrected chi connectivity index (χ0v) is 8.34. The summed E-state index contributed by atoms with van der Waals surface area (Å²) < 4.78 is 13.5. The zero-order valence-electron chi connectivity index (χ0n) is 8.34. The van der Waals surface area contributed by atoms with Gasteiger partial charge in [-0.3, -0.25) is 5.41 Å². The third-order valence-corrected chi connectivity index (χ3v) is 2.14. The maximum Gasteiger partial charge on any atom is 0.147 e. The maximum absolute atomic E-state index is 13.5. The Morgan fingerprint density at radius 3 is 2.64 bits per heavy atom. The molecule has 1 aromatic carbocycles. The SMILES string of the molecule is CCN(C)c1ccc(C(=N)N)cc1F. The summed E-state index contributed by atoms with van der Waals surface area (Å²) in [7, 11) is 1.81. The van der Waals surface area contributed by atoms with Crippen molar-refractivity contribution >= 4 is 11.5 Å². The number of nitrogen functional groups attached to an aromatic ring is 1. The van der Waals surface area contributed by atoms with Gasteiger partial charge in [0.1, 0.15) is 11.7 Å². The summed E-state index contributed by atoms with van der Waals surface area (Å²) in [6.45, 7) is 2.68. The molecule has 0 spiro atoms. The molecule has 14 heavy (non-hydrogen) atoms. The Balaban J connectivity index is 3.07. The fourth-order valence-electron chi connectivity index (χ4n) is 1.15. The summed E-state index contributed by atoms with van der Waals surface area (Å²) in [5.74, 6) is -0.461. The number of halogens is 1. The second-order valence-electron chi connectivity index (χ2n) is 3.09. The van der Waals surface area contributed by atoms with E-state index in [4.69, 9.17) is 11.1 Å². The number of nitrogens with two attached hydrogens (primary N) is 1. The second-order valence-corrected chi connectivity index (χ2v) is 3.09. The number of nitrogens with one attached hydrogen (secondary N) is 1. The van der Waals surface area contributed by atoms with Gasteiger partial charge in [-0.2, -0.15) is 0 Å². The molecule has 0 unspecified atom stereocenters. The highest BCUT2D eigenvalue weighted by Gasteiger charge is 2.07. The standard InChI is InChI=1S/C10H14FN3/c1-3-14(2)9-5-4-7(10(12)13)6-8(9)11/h4-6H,3H2,1-2H3,(H3,12,13). The van der Waals surface area contributed by atoms with Crippen LogP contribution in [-0.4, -0.2) is 19.4 Å². The minimum absolute atomic E-state index is 0.116. The molecule has 0 saturated carbocycles. The van der Waals surface area contributed by atoms with Gasteiger partial charge in [-0.25, -0.2) is 4.39 Å². The first kappa shape index (κ1) is 10.5. The van der Waals surface area contributed by atoms with E-state index in [1.54, 1.807) is 17.0 Å². The number of rotatable bonds is 3. The van der Waals surface area contributed by atoms with Crippen LogP contribution in [0.1, 0.15) is 12.5 Å². The van der Waals surface area contributed by atoms with Crippen molar-refractivity contribution in [2.45, 2.75) is 6.92 Å². The molecule has 4 heteroatoms. The molecule has 0 aliphatic carbocycles. The van der Waals surface area contributed by atoms with Crippen LogP contribution in [0.3, 0.4) is 0 Å². The number of amidine groups is 1. The maximum atomic E-state index is 13.5. The Morgan fingerprint density at radius 2 is 2.21 bits per heavy atom. The van der Waals surface area contributed by atoms with E-state index in [1.807, 2.05) is 14.0 Å². The van der Waals surface area contributed by atoms with Crippen LogP contribution in [0.4, 0.5) is 10.1 Å². The topological polar surface area (TPSA) is 53.1 Å². The van der Waals surface area contributed by atoms with Crippen LogP contribution in [-0.2, 0) is 0 Å². The van der Waals surface area contributed by atoms with Gasteiger partial charge in [-0.15, -0.1) is 0 Å². The van der Waals surface area contributed by atoms with Crippen molar-refractivity contribution in [3.63, 3.8) is 0 Å². The van der Waals surface area contributed by atoms with Crippen molar-refractivity contribution in [2.75, 3.05) is 18.5 Å². The summed E-state index contributed by atoms with van der Waals surface area (Å²) in [5, 5.41) is 7.15. The van der Waals surface area contributed by atoms with Crippen LogP contribution < -0.4 is 10.6 Å². The molecule has 76 valence electrons.